The van der Waals surface area contributed by atoms with Crippen LogP contribution in [-0.2, 0) is 13.5 Å². The van der Waals surface area contributed by atoms with E-state index in [0.29, 0.717) is 0 Å². The Bertz CT molecular complexity index is 572. The van der Waals surface area contributed by atoms with Crippen molar-refractivity contribution in [3.05, 3.63) is 44.7 Å². The first-order chi connectivity index (χ1) is 7.15. The largest absolute Gasteiger partial charge is 0.349 e. The van der Waals surface area contributed by atoms with Crippen molar-refractivity contribution in [1.82, 2.24) is 4.57 Å². The second-order valence-corrected chi connectivity index (χ2v) is 4.44. The Balaban J connectivity index is 3.00. The van der Waals surface area contributed by atoms with E-state index in [1.165, 1.54) is 0 Å². The summed E-state index contributed by atoms with van der Waals surface area (Å²) in [5.74, 6) is 0. The van der Waals surface area contributed by atoms with Crippen LogP contribution in [0.5, 0.6) is 0 Å². The van der Waals surface area contributed by atoms with Crippen LogP contribution in [0.4, 0.5) is 0 Å². The topological polar surface area (TPSA) is 22.0 Å². The average Bonchev–Trinajstić information content (AvgIpc) is 2.23. The zero-order chi connectivity index (χ0) is 11.0. The zero-order valence-electron chi connectivity index (χ0n) is 8.75. The van der Waals surface area contributed by atoms with E-state index in [1.807, 2.05) is 42.9 Å². The van der Waals surface area contributed by atoms with Crippen molar-refractivity contribution in [3.8, 4) is 0 Å². The lowest BCUT2D eigenvalue weighted by atomic mass is 10.1. The van der Waals surface area contributed by atoms with Crippen molar-refractivity contribution < 1.29 is 0 Å². The highest BCUT2D eigenvalue weighted by Gasteiger charge is 2.07. The lowest BCUT2D eigenvalue weighted by molar-refractivity contribution is 0.918. The van der Waals surface area contributed by atoms with E-state index in [9.17, 15) is 4.79 Å². The molecule has 2 aromatic rings. The molecule has 0 unspecified atom stereocenters. The summed E-state index contributed by atoms with van der Waals surface area (Å²) < 4.78 is 2.96. The minimum Gasteiger partial charge on any atom is -0.349 e. The summed E-state index contributed by atoms with van der Waals surface area (Å²) in [5, 5.41) is 0.784. The monoisotopic (exact) mass is 265 g/mol. The summed E-state index contributed by atoms with van der Waals surface area (Å²) in [4.78, 5) is 12.0. The quantitative estimate of drug-likeness (QED) is 0.777. The number of aryl methyl sites for hydroxylation is 2. The predicted octanol–water partition coefficient (Wildman–Crippen LogP) is 2.86. The van der Waals surface area contributed by atoms with Gasteiger partial charge in [0.2, 0.25) is 0 Å². The van der Waals surface area contributed by atoms with Gasteiger partial charge in [-0.05, 0) is 34.5 Å². The van der Waals surface area contributed by atoms with Gasteiger partial charge in [0.05, 0.1) is 5.52 Å². The Labute approximate surface area is 96.7 Å². The van der Waals surface area contributed by atoms with E-state index in [2.05, 4.69) is 15.9 Å². The summed E-state index contributed by atoms with van der Waals surface area (Å²) >= 11 is 3.47. The number of rotatable bonds is 1. The highest BCUT2D eigenvalue weighted by atomic mass is 79.9. The number of hydrogen-bond acceptors (Lipinski definition) is 1. The lowest BCUT2D eigenvalue weighted by Gasteiger charge is -2.09. The fourth-order valence-corrected chi connectivity index (χ4v) is 2.48. The van der Waals surface area contributed by atoms with Crippen molar-refractivity contribution in [3.63, 3.8) is 0 Å². The summed E-state index contributed by atoms with van der Waals surface area (Å²) in [6, 6.07) is 5.72. The summed E-state index contributed by atoms with van der Waals surface area (Å²) in [6.45, 7) is 2.00. The van der Waals surface area contributed by atoms with Gasteiger partial charge in [0.25, 0.3) is 0 Å². The van der Waals surface area contributed by atoms with Crippen LogP contribution < -0.4 is 5.43 Å². The fourth-order valence-electron chi connectivity index (χ4n) is 1.84. The van der Waals surface area contributed by atoms with Crippen LogP contribution in [0, 0.1) is 0 Å². The van der Waals surface area contributed by atoms with Gasteiger partial charge < -0.3 is 4.57 Å². The van der Waals surface area contributed by atoms with Gasteiger partial charge in [-0.1, -0.05) is 13.0 Å². The molecule has 0 atom stereocenters. The van der Waals surface area contributed by atoms with Crippen molar-refractivity contribution in [2.24, 2.45) is 7.05 Å². The number of fused-ring (bicyclic) bond motifs is 1. The second kappa shape index (κ2) is 3.81. The van der Waals surface area contributed by atoms with Crippen LogP contribution in [-0.4, -0.2) is 4.57 Å². The molecule has 0 amide bonds. The lowest BCUT2D eigenvalue weighted by Crippen LogP contribution is -2.12. The number of para-hydroxylation sites is 1. The molecule has 0 fully saturated rings. The molecule has 0 spiro atoms. The summed E-state index contributed by atoms with van der Waals surface area (Å²) in [5.41, 5.74) is 1.97. The van der Waals surface area contributed by atoms with Crippen molar-refractivity contribution in [2.75, 3.05) is 0 Å². The molecule has 1 aromatic carbocycles. The van der Waals surface area contributed by atoms with Gasteiger partial charge >= 0.3 is 0 Å². The third-order valence-corrected chi connectivity index (χ3v) is 3.25. The third kappa shape index (κ3) is 1.61. The van der Waals surface area contributed by atoms with E-state index in [4.69, 9.17) is 0 Å². The number of benzene rings is 1. The number of halogens is 1. The molecule has 0 saturated heterocycles. The number of pyridine rings is 1. The molecule has 2 nitrogen and oxygen atoms in total. The van der Waals surface area contributed by atoms with Gasteiger partial charge in [-0.2, -0.15) is 0 Å². The molecule has 78 valence electrons. The zero-order valence-corrected chi connectivity index (χ0v) is 10.3. The highest BCUT2D eigenvalue weighted by Crippen LogP contribution is 2.21. The number of aromatic nitrogens is 1. The van der Waals surface area contributed by atoms with Gasteiger partial charge in [0, 0.05) is 28.7 Å². The van der Waals surface area contributed by atoms with Gasteiger partial charge in [-0.15, -0.1) is 0 Å². The molecule has 0 radical (unpaired) electrons. The fraction of sp³-hybridized carbons (Fsp3) is 0.250. The molecule has 0 N–H and O–H groups in total. The molecule has 1 aromatic heterocycles. The number of hydrogen-bond donors (Lipinski definition) is 0. The Hall–Kier alpha value is -1.09. The molecular formula is C12H12BrNO. The first-order valence-electron chi connectivity index (χ1n) is 4.92. The molecule has 0 saturated carbocycles. The van der Waals surface area contributed by atoms with E-state index in [1.54, 1.807) is 0 Å². The molecule has 0 aliphatic heterocycles. The minimum atomic E-state index is 0.145. The van der Waals surface area contributed by atoms with Gasteiger partial charge in [-0.25, -0.2) is 0 Å². The van der Waals surface area contributed by atoms with Crippen LogP contribution in [0.25, 0.3) is 10.9 Å². The first-order valence-corrected chi connectivity index (χ1v) is 5.71. The molecule has 0 aliphatic rings. The van der Waals surface area contributed by atoms with Crippen LogP contribution >= 0.6 is 15.9 Å². The van der Waals surface area contributed by atoms with Gasteiger partial charge in [0.15, 0.2) is 5.43 Å². The Morgan fingerprint density at radius 3 is 2.80 bits per heavy atom. The van der Waals surface area contributed by atoms with E-state index < -0.39 is 0 Å². The smallest absolute Gasteiger partial charge is 0.192 e. The molecule has 0 aliphatic carbocycles. The van der Waals surface area contributed by atoms with E-state index >= 15 is 0 Å². The SMILES string of the molecule is CCc1cn(C)c2c(Br)cccc2c1=O. The third-order valence-electron chi connectivity index (χ3n) is 2.61. The predicted molar refractivity (Wildman–Crippen MR) is 66.3 cm³/mol. The van der Waals surface area contributed by atoms with Crippen LogP contribution in [0.1, 0.15) is 12.5 Å². The minimum absolute atomic E-state index is 0.145. The van der Waals surface area contributed by atoms with E-state index in [0.717, 1.165) is 27.4 Å². The number of nitrogens with zero attached hydrogens (tertiary/aromatic N) is 1. The average molecular weight is 266 g/mol. The van der Waals surface area contributed by atoms with Gasteiger partial charge in [-0.3, -0.25) is 4.79 Å². The van der Waals surface area contributed by atoms with Crippen molar-refractivity contribution in [2.45, 2.75) is 13.3 Å². The van der Waals surface area contributed by atoms with Crippen LogP contribution in [0.2, 0.25) is 0 Å². The maximum atomic E-state index is 12.0. The Morgan fingerprint density at radius 1 is 1.40 bits per heavy atom. The normalized spacial score (nSPS) is 10.9. The molecule has 3 heteroatoms. The standard InChI is InChI=1S/C12H12BrNO/c1-3-8-7-14(2)11-9(12(8)15)5-4-6-10(11)13/h4-7H,3H2,1-2H3. The maximum Gasteiger partial charge on any atom is 0.192 e. The second-order valence-electron chi connectivity index (χ2n) is 3.58. The molecule has 15 heavy (non-hydrogen) atoms. The van der Waals surface area contributed by atoms with E-state index in [-0.39, 0.29) is 5.43 Å². The molecule has 1 heterocycles. The molecule has 0 bridgehead atoms. The Morgan fingerprint density at radius 2 is 2.13 bits per heavy atom. The van der Waals surface area contributed by atoms with Gasteiger partial charge in [0.1, 0.15) is 0 Å². The summed E-state index contributed by atoms with van der Waals surface area (Å²) in [7, 11) is 1.96. The highest BCUT2D eigenvalue weighted by molar-refractivity contribution is 9.10. The van der Waals surface area contributed by atoms with Crippen molar-refractivity contribution in [1.29, 1.82) is 0 Å². The first kappa shape index (κ1) is 10.4. The van der Waals surface area contributed by atoms with Crippen LogP contribution in [0.15, 0.2) is 33.7 Å². The molecular weight excluding hydrogens is 254 g/mol. The summed E-state index contributed by atoms with van der Waals surface area (Å²) in [6.07, 6.45) is 2.69. The van der Waals surface area contributed by atoms with Crippen LogP contribution in [0.3, 0.4) is 0 Å². The molecule has 2 rings (SSSR count). The van der Waals surface area contributed by atoms with Crippen molar-refractivity contribution >= 4 is 26.8 Å². The Kier molecular flexibility index (Phi) is 2.65. The maximum absolute atomic E-state index is 12.0.